The summed E-state index contributed by atoms with van der Waals surface area (Å²) in [7, 11) is 0. The molecule has 1 aromatic carbocycles. The van der Waals surface area contributed by atoms with Gasteiger partial charge in [-0.05, 0) is 35.2 Å². The lowest BCUT2D eigenvalue weighted by Gasteiger charge is -2.10. The van der Waals surface area contributed by atoms with Crippen molar-refractivity contribution in [3.05, 3.63) is 82.9 Å². The maximum Gasteiger partial charge on any atom is 0.262 e. The average Bonchev–Trinajstić information content (AvgIpc) is 2.65. The largest absolute Gasteiger partial charge is 0.383 e. The van der Waals surface area contributed by atoms with Crippen LogP contribution in [0.4, 0.5) is 5.82 Å². The lowest BCUT2D eigenvalue weighted by molar-refractivity contribution is 0.768. The lowest BCUT2D eigenvalue weighted by atomic mass is 10.1. The van der Waals surface area contributed by atoms with Crippen LogP contribution in [-0.2, 0) is 6.54 Å². The molecule has 0 bridgehead atoms. The van der Waals surface area contributed by atoms with E-state index >= 15 is 0 Å². The number of fused-ring (bicyclic) bond motifs is 1. The van der Waals surface area contributed by atoms with Gasteiger partial charge in [0.2, 0.25) is 0 Å². The number of anilines is 1. The van der Waals surface area contributed by atoms with Crippen molar-refractivity contribution < 1.29 is 0 Å². The molecule has 122 valence electrons. The number of nitrogen functional groups attached to an aromatic ring is 1. The Morgan fingerprint density at radius 2 is 1.84 bits per heavy atom. The maximum absolute atomic E-state index is 12.8. The number of hydrogen-bond donors (Lipinski definition) is 1. The van der Waals surface area contributed by atoms with E-state index in [0.29, 0.717) is 23.3 Å². The molecule has 0 unspecified atom stereocenters. The summed E-state index contributed by atoms with van der Waals surface area (Å²) in [5, 5.41) is 9.05. The summed E-state index contributed by atoms with van der Waals surface area (Å²) < 4.78 is 1.64. The molecule has 0 amide bonds. The Balaban J connectivity index is 1.82. The summed E-state index contributed by atoms with van der Waals surface area (Å²) in [4.78, 5) is 17.2. The molecule has 0 aliphatic heterocycles. The van der Waals surface area contributed by atoms with Crippen molar-refractivity contribution >= 4 is 16.6 Å². The van der Waals surface area contributed by atoms with Crippen LogP contribution in [0, 0.1) is 0 Å². The zero-order chi connectivity index (χ0) is 17.2. The van der Waals surface area contributed by atoms with Crippen molar-refractivity contribution in [1.82, 2.24) is 19.7 Å². The summed E-state index contributed by atoms with van der Waals surface area (Å²) in [6.45, 7) is 0.487. The van der Waals surface area contributed by atoms with Gasteiger partial charge in [0.15, 0.2) is 0 Å². The normalized spacial score (nSPS) is 10.9. The van der Waals surface area contributed by atoms with Crippen molar-refractivity contribution in [3.63, 3.8) is 0 Å². The quantitative estimate of drug-likeness (QED) is 0.624. The van der Waals surface area contributed by atoms with Gasteiger partial charge in [0.1, 0.15) is 11.5 Å². The molecule has 0 fully saturated rings. The van der Waals surface area contributed by atoms with Crippen LogP contribution in [-0.4, -0.2) is 19.7 Å². The van der Waals surface area contributed by atoms with Crippen molar-refractivity contribution in [2.75, 3.05) is 5.73 Å². The Bertz CT molecular complexity index is 1090. The highest BCUT2D eigenvalue weighted by molar-refractivity contribution is 5.92. The molecule has 3 aromatic heterocycles. The maximum atomic E-state index is 12.8. The first kappa shape index (κ1) is 15.0. The molecule has 0 radical (unpaired) electrons. The number of pyridine rings is 2. The Labute approximate surface area is 143 Å². The summed E-state index contributed by atoms with van der Waals surface area (Å²) >= 11 is 0. The van der Waals surface area contributed by atoms with E-state index in [0.717, 1.165) is 10.9 Å². The van der Waals surface area contributed by atoms with Gasteiger partial charge in [-0.15, -0.1) is 5.10 Å². The van der Waals surface area contributed by atoms with E-state index in [2.05, 4.69) is 15.2 Å². The second-order valence-electron chi connectivity index (χ2n) is 5.70. The first-order chi connectivity index (χ1) is 12.2. The number of benzene rings is 1. The van der Waals surface area contributed by atoms with E-state index in [1.54, 1.807) is 29.1 Å². The van der Waals surface area contributed by atoms with Crippen LogP contribution in [0.3, 0.4) is 0 Å². The SMILES string of the molecule is Nc1nc(-c2cccnn2)cc2ccn(Cc3ccccc3)c(=O)c12. The monoisotopic (exact) mass is 329 g/mol. The molecule has 0 aliphatic carbocycles. The predicted octanol–water partition coefficient (Wildman–Crippen LogP) is 2.48. The first-order valence-corrected chi connectivity index (χ1v) is 7.84. The molecular formula is C19H15N5O. The molecule has 3 heterocycles. The molecule has 4 rings (SSSR count). The van der Waals surface area contributed by atoms with Crippen molar-refractivity contribution in [2.24, 2.45) is 0 Å². The van der Waals surface area contributed by atoms with Crippen LogP contribution < -0.4 is 11.3 Å². The first-order valence-electron chi connectivity index (χ1n) is 7.84. The van der Waals surface area contributed by atoms with E-state index < -0.39 is 0 Å². The average molecular weight is 329 g/mol. The fourth-order valence-corrected chi connectivity index (χ4v) is 2.81. The van der Waals surface area contributed by atoms with Crippen LogP contribution in [0.2, 0.25) is 0 Å². The van der Waals surface area contributed by atoms with Crippen LogP contribution in [0.1, 0.15) is 5.56 Å². The minimum absolute atomic E-state index is 0.156. The third-order valence-corrected chi connectivity index (χ3v) is 4.02. The van der Waals surface area contributed by atoms with E-state index in [-0.39, 0.29) is 11.4 Å². The Morgan fingerprint density at radius 1 is 1.00 bits per heavy atom. The van der Waals surface area contributed by atoms with Gasteiger partial charge in [0.25, 0.3) is 5.56 Å². The highest BCUT2D eigenvalue weighted by Crippen LogP contribution is 2.22. The molecular weight excluding hydrogens is 314 g/mol. The molecule has 0 saturated heterocycles. The molecule has 6 heteroatoms. The number of nitrogens with zero attached hydrogens (tertiary/aromatic N) is 4. The zero-order valence-electron chi connectivity index (χ0n) is 13.3. The minimum Gasteiger partial charge on any atom is -0.383 e. The van der Waals surface area contributed by atoms with E-state index in [9.17, 15) is 4.79 Å². The Kier molecular flexibility index (Phi) is 3.70. The summed E-state index contributed by atoms with van der Waals surface area (Å²) in [5.74, 6) is 0.200. The van der Waals surface area contributed by atoms with Gasteiger partial charge < -0.3 is 10.3 Å². The zero-order valence-corrected chi connectivity index (χ0v) is 13.3. The highest BCUT2D eigenvalue weighted by atomic mass is 16.1. The van der Waals surface area contributed by atoms with Gasteiger partial charge in [-0.25, -0.2) is 4.98 Å². The topological polar surface area (TPSA) is 86.7 Å². The fourth-order valence-electron chi connectivity index (χ4n) is 2.81. The molecule has 4 aromatic rings. The second-order valence-corrected chi connectivity index (χ2v) is 5.70. The van der Waals surface area contributed by atoms with Gasteiger partial charge in [0, 0.05) is 12.4 Å². The molecule has 0 aliphatic rings. The van der Waals surface area contributed by atoms with Crippen molar-refractivity contribution in [1.29, 1.82) is 0 Å². The number of nitrogens with two attached hydrogens (primary N) is 1. The van der Waals surface area contributed by atoms with Crippen LogP contribution in [0.25, 0.3) is 22.2 Å². The third kappa shape index (κ3) is 2.85. The highest BCUT2D eigenvalue weighted by Gasteiger charge is 2.11. The van der Waals surface area contributed by atoms with Crippen LogP contribution in [0.15, 0.2) is 71.8 Å². The molecule has 25 heavy (non-hydrogen) atoms. The molecule has 0 saturated carbocycles. The smallest absolute Gasteiger partial charge is 0.262 e. The van der Waals surface area contributed by atoms with Gasteiger partial charge in [-0.2, -0.15) is 5.10 Å². The number of hydrogen-bond acceptors (Lipinski definition) is 5. The third-order valence-electron chi connectivity index (χ3n) is 4.02. The van der Waals surface area contributed by atoms with Crippen molar-refractivity contribution in [3.8, 4) is 11.4 Å². The van der Waals surface area contributed by atoms with Gasteiger partial charge in [0.05, 0.1) is 17.6 Å². The van der Waals surface area contributed by atoms with E-state index in [4.69, 9.17) is 5.73 Å². The summed E-state index contributed by atoms with van der Waals surface area (Å²) in [6.07, 6.45) is 3.37. The van der Waals surface area contributed by atoms with E-state index in [1.807, 2.05) is 42.5 Å². The number of rotatable bonds is 3. The molecule has 2 N–H and O–H groups in total. The summed E-state index contributed by atoms with van der Waals surface area (Å²) in [6, 6.07) is 17.1. The van der Waals surface area contributed by atoms with Gasteiger partial charge >= 0.3 is 0 Å². The predicted molar refractivity (Wildman–Crippen MR) is 97.0 cm³/mol. The molecule has 6 nitrogen and oxygen atoms in total. The minimum atomic E-state index is -0.156. The van der Waals surface area contributed by atoms with Gasteiger partial charge in [-0.1, -0.05) is 30.3 Å². The van der Waals surface area contributed by atoms with Gasteiger partial charge in [-0.3, -0.25) is 4.79 Å². The number of aromatic nitrogens is 4. The molecule has 0 atom stereocenters. The standard InChI is InChI=1S/C19H15N5O/c20-18-17-14(11-16(22-18)15-7-4-9-21-23-15)8-10-24(19(17)25)12-13-5-2-1-3-6-13/h1-11H,12H2,(H2,20,22). The Morgan fingerprint density at radius 3 is 2.60 bits per heavy atom. The lowest BCUT2D eigenvalue weighted by Crippen LogP contribution is -2.21. The summed E-state index contributed by atoms with van der Waals surface area (Å²) in [5.41, 5.74) is 8.19. The van der Waals surface area contributed by atoms with Crippen LogP contribution in [0.5, 0.6) is 0 Å². The fraction of sp³-hybridized carbons (Fsp3) is 0.0526. The van der Waals surface area contributed by atoms with Crippen LogP contribution >= 0.6 is 0 Å². The Hall–Kier alpha value is -3.54. The molecule has 0 spiro atoms. The second kappa shape index (κ2) is 6.16. The van der Waals surface area contributed by atoms with Crippen molar-refractivity contribution in [2.45, 2.75) is 6.54 Å². The van der Waals surface area contributed by atoms with E-state index in [1.165, 1.54) is 0 Å².